The third kappa shape index (κ3) is 2.63. The van der Waals surface area contributed by atoms with Crippen molar-refractivity contribution >= 4 is 17.3 Å². The van der Waals surface area contributed by atoms with Crippen molar-refractivity contribution in [3.05, 3.63) is 40.2 Å². The molecule has 0 amide bonds. The van der Waals surface area contributed by atoms with Crippen LogP contribution in [0.2, 0.25) is 5.15 Å². The van der Waals surface area contributed by atoms with Gasteiger partial charge in [-0.15, -0.1) is 0 Å². The number of aryl methyl sites for hydroxylation is 1. The molecule has 3 nitrogen and oxygen atoms in total. The maximum absolute atomic E-state index is 13.2. The number of phenols is 1. The van der Waals surface area contributed by atoms with Gasteiger partial charge in [0.2, 0.25) is 0 Å². The highest BCUT2D eigenvalue weighted by Crippen LogP contribution is 2.44. The van der Waals surface area contributed by atoms with Crippen molar-refractivity contribution in [2.45, 2.75) is 20.0 Å². The van der Waals surface area contributed by atoms with Crippen LogP contribution in [-0.4, -0.2) is 10.1 Å². The van der Waals surface area contributed by atoms with Crippen molar-refractivity contribution in [3.8, 4) is 16.9 Å². The molecule has 112 valence electrons. The Morgan fingerprint density at radius 3 is 2.48 bits per heavy atom. The standard InChI is InChI=1S/C14H12ClF3N2O/c1-6-5-8(7(2)12(21)11(6)19)10-9(14(16,17)18)3-4-20-13(10)15/h3-5,21H,19H2,1-2H3. The average Bonchev–Trinajstić information content (AvgIpc) is 2.39. The molecule has 0 saturated heterocycles. The van der Waals surface area contributed by atoms with Gasteiger partial charge in [-0.25, -0.2) is 4.98 Å². The molecule has 0 bridgehead atoms. The van der Waals surface area contributed by atoms with Gasteiger partial charge in [-0.2, -0.15) is 13.2 Å². The maximum Gasteiger partial charge on any atom is 0.417 e. The Bertz CT molecular complexity index is 714. The second kappa shape index (κ2) is 5.11. The zero-order chi connectivity index (χ0) is 15.9. The second-order valence-corrected chi connectivity index (χ2v) is 5.01. The molecule has 7 heteroatoms. The van der Waals surface area contributed by atoms with Crippen LogP contribution in [0.1, 0.15) is 16.7 Å². The smallest absolute Gasteiger partial charge is 0.417 e. The molecule has 0 atom stereocenters. The summed E-state index contributed by atoms with van der Waals surface area (Å²) in [5, 5.41) is 9.66. The number of hydrogen-bond donors (Lipinski definition) is 2. The molecule has 1 heterocycles. The van der Waals surface area contributed by atoms with Crippen LogP contribution in [0.25, 0.3) is 11.1 Å². The normalized spacial score (nSPS) is 11.7. The molecule has 1 aromatic carbocycles. The van der Waals surface area contributed by atoms with Crippen LogP contribution < -0.4 is 5.73 Å². The monoisotopic (exact) mass is 316 g/mol. The number of hydrogen-bond acceptors (Lipinski definition) is 3. The number of halogens is 4. The number of nitrogen functional groups attached to an aromatic ring is 1. The molecular formula is C14H12ClF3N2O. The molecule has 0 aliphatic rings. The van der Waals surface area contributed by atoms with E-state index in [1.165, 1.54) is 13.0 Å². The summed E-state index contributed by atoms with van der Waals surface area (Å²) in [6.45, 7) is 3.07. The Morgan fingerprint density at radius 2 is 1.90 bits per heavy atom. The number of benzene rings is 1. The Labute approximate surface area is 124 Å². The number of alkyl halides is 3. The highest BCUT2D eigenvalue weighted by atomic mass is 35.5. The number of pyridine rings is 1. The van der Waals surface area contributed by atoms with Gasteiger partial charge in [0, 0.05) is 17.3 Å². The van der Waals surface area contributed by atoms with Gasteiger partial charge in [0.15, 0.2) is 0 Å². The van der Waals surface area contributed by atoms with E-state index in [0.717, 1.165) is 12.3 Å². The SMILES string of the molecule is Cc1cc(-c2c(C(F)(F)F)ccnc2Cl)c(C)c(O)c1N. The fourth-order valence-electron chi connectivity index (χ4n) is 2.11. The molecule has 0 radical (unpaired) electrons. The van der Waals surface area contributed by atoms with Crippen molar-refractivity contribution in [2.75, 3.05) is 5.73 Å². The summed E-state index contributed by atoms with van der Waals surface area (Å²) in [6.07, 6.45) is -3.59. The molecule has 0 spiro atoms. The van der Waals surface area contributed by atoms with Gasteiger partial charge in [0.25, 0.3) is 0 Å². The first kappa shape index (κ1) is 15.4. The third-order valence-corrected chi connectivity index (χ3v) is 3.57. The largest absolute Gasteiger partial charge is 0.505 e. The first-order valence-corrected chi connectivity index (χ1v) is 6.33. The molecule has 0 aliphatic carbocycles. The molecule has 2 aromatic rings. The van der Waals surface area contributed by atoms with Crippen molar-refractivity contribution in [2.24, 2.45) is 0 Å². The summed E-state index contributed by atoms with van der Waals surface area (Å²) < 4.78 is 39.5. The van der Waals surface area contributed by atoms with E-state index in [0.29, 0.717) is 5.56 Å². The maximum atomic E-state index is 13.2. The molecule has 0 saturated carbocycles. The van der Waals surface area contributed by atoms with Gasteiger partial charge in [-0.05, 0) is 37.1 Å². The Hall–Kier alpha value is -1.95. The van der Waals surface area contributed by atoms with Gasteiger partial charge < -0.3 is 10.8 Å². The molecule has 1 aromatic heterocycles. The van der Waals surface area contributed by atoms with Gasteiger partial charge in [-0.3, -0.25) is 0 Å². The van der Waals surface area contributed by atoms with E-state index in [4.69, 9.17) is 17.3 Å². The molecular weight excluding hydrogens is 305 g/mol. The number of nitrogens with zero attached hydrogens (tertiary/aromatic N) is 1. The van der Waals surface area contributed by atoms with E-state index in [2.05, 4.69) is 4.98 Å². The van der Waals surface area contributed by atoms with Gasteiger partial charge in [0.05, 0.1) is 11.3 Å². The average molecular weight is 317 g/mol. The Morgan fingerprint density at radius 1 is 1.29 bits per heavy atom. The summed E-state index contributed by atoms with van der Waals surface area (Å²) in [6, 6.07) is 2.31. The second-order valence-electron chi connectivity index (χ2n) is 4.65. The van der Waals surface area contributed by atoms with Crippen molar-refractivity contribution < 1.29 is 18.3 Å². The lowest BCUT2D eigenvalue weighted by Gasteiger charge is -2.18. The fourth-order valence-corrected chi connectivity index (χ4v) is 2.37. The van der Waals surface area contributed by atoms with Crippen LogP contribution in [-0.2, 0) is 6.18 Å². The Kier molecular flexibility index (Phi) is 3.76. The van der Waals surface area contributed by atoms with Crippen LogP contribution in [0.3, 0.4) is 0 Å². The molecule has 0 unspecified atom stereocenters. The van der Waals surface area contributed by atoms with Crippen LogP contribution >= 0.6 is 11.6 Å². The molecule has 0 fully saturated rings. The molecule has 0 aliphatic heterocycles. The predicted molar refractivity (Wildman–Crippen MR) is 75.2 cm³/mol. The number of aromatic hydroxyl groups is 1. The zero-order valence-corrected chi connectivity index (χ0v) is 12.0. The highest BCUT2D eigenvalue weighted by molar-refractivity contribution is 6.32. The number of anilines is 1. The minimum Gasteiger partial charge on any atom is -0.505 e. The lowest BCUT2D eigenvalue weighted by Crippen LogP contribution is -2.09. The van der Waals surface area contributed by atoms with E-state index < -0.39 is 11.7 Å². The topological polar surface area (TPSA) is 59.1 Å². The summed E-state index contributed by atoms with van der Waals surface area (Å²) in [7, 11) is 0. The molecule has 2 rings (SSSR count). The van der Waals surface area contributed by atoms with Crippen molar-refractivity contribution in [1.29, 1.82) is 0 Å². The van der Waals surface area contributed by atoms with E-state index >= 15 is 0 Å². The third-order valence-electron chi connectivity index (χ3n) is 3.28. The lowest BCUT2D eigenvalue weighted by molar-refractivity contribution is -0.137. The van der Waals surface area contributed by atoms with Crippen molar-refractivity contribution in [3.63, 3.8) is 0 Å². The molecule has 3 N–H and O–H groups in total. The van der Waals surface area contributed by atoms with E-state index in [-0.39, 0.29) is 33.3 Å². The van der Waals surface area contributed by atoms with E-state index in [1.807, 2.05) is 0 Å². The predicted octanol–water partition coefficient (Wildman–Crippen LogP) is 4.33. The first-order valence-electron chi connectivity index (χ1n) is 5.95. The van der Waals surface area contributed by atoms with Gasteiger partial charge in [0.1, 0.15) is 10.9 Å². The van der Waals surface area contributed by atoms with Crippen LogP contribution in [0.4, 0.5) is 18.9 Å². The van der Waals surface area contributed by atoms with Crippen molar-refractivity contribution in [1.82, 2.24) is 4.98 Å². The van der Waals surface area contributed by atoms with Crippen LogP contribution in [0.5, 0.6) is 5.75 Å². The van der Waals surface area contributed by atoms with Crippen LogP contribution in [0.15, 0.2) is 18.3 Å². The number of phenolic OH excluding ortho intramolecular Hbond substituents is 1. The summed E-state index contributed by atoms with van der Waals surface area (Å²) >= 11 is 5.86. The highest BCUT2D eigenvalue weighted by Gasteiger charge is 2.35. The summed E-state index contributed by atoms with van der Waals surface area (Å²) in [4.78, 5) is 3.71. The first-order chi connectivity index (χ1) is 9.64. The Balaban J connectivity index is 2.86. The van der Waals surface area contributed by atoms with Crippen LogP contribution in [0, 0.1) is 13.8 Å². The lowest BCUT2D eigenvalue weighted by atomic mass is 9.94. The van der Waals surface area contributed by atoms with E-state index in [9.17, 15) is 18.3 Å². The quantitative estimate of drug-likeness (QED) is 0.468. The summed E-state index contributed by atoms with van der Waals surface area (Å²) in [5.74, 6) is -0.252. The van der Waals surface area contributed by atoms with Gasteiger partial charge in [-0.1, -0.05) is 11.6 Å². The van der Waals surface area contributed by atoms with Gasteiger partial charge >= 0.3 is 6.18 Å². The number of nitrogens with two attached hydrogens (primary N) is 1. The summed E-state index contributed by atoms with van der Waals surface area (Å²) in [5.41, 5.74) is 5.47. The fraction of sp³-hybridized carbons (Fsp3) is 0.214. The molecule has 21 heavy (non-hydrogen) atoms. The number of aromatic nitrogens is 1. The minimum absolute atomic E-state index is 0.129. The van der Waals surface area contributed by atoms with E-state index in [1.54, 1.807) is 6.92 Å². The minimum atomic E-state index is -4.58. The number of rotatable bonds is 1. The zero-order valence-electron chi connectivity index (χ0n) is 11.2.